The second kappa shape index (κ2) is 7.25. The normalized spacial score (nSPS) is 17.6. The highest BCUT2D eigenvalue weighted by molar-refractivity contribution is 7.10. The Labute approximate surface area is 128 Å². The third-order valence-corrected chi connectivity index (χ3v) is 4.04. The van der Waals surface area contributed by atoms with Gasteiger partial charge in [-0.15, -0.1) is 11.3 Å². The molecule has 1 aromatic rings. The van der Waals surface area contributed by atoms with Crippen LogP contribution in [-0.2, 0) is 11.3 Å². The van der Waals surface area contributed by atoms with Gasteiger partial charge in [0, 0.05) is 22.2 Å². The molecule has 21 heavy (non-hydrogen) atoms. The molecule has 1 aromatic heterocycles. The van der Waals surface area contributed by atoms with Gasteiger partial charge in [0.2, 0.25) is 0 Å². The minimum Gasteiger partial charge on any atom is -0.395 e. The van der Waals surface area contributed by atoms with Crippen LogP contribution in [0.15, 0.2) is 11.4 Å². The number of amides is 3. The molecule has 0 saturated carbocycles. The first-order chi connectivity index (χ1) is 10.2. The second-order valence-electron chi connectivity index (χ2n) is 4.79. The molecule has 6 heteroatoms. The van der Waals surface area contributed by atoms with Crippen molar-refractivity contribution in [1.82, 2.24) is 10.2 Å². The van der Waals surface area contributed by atoms with Crippen LogP contribution in [-0.4, -0.2) is 34.6 Å². The molecule has 1 atom stereocenters. The molecule has 0 aromatic carbocycles. The lowest BCUT2D eigenvalue weighted by molar-refractivity contribution is -0.127. The zero-order valence-corrected chi connectivity index (χ0v) is 12.7. The molecule has 0 radical (unpaired) electrons. The van der Waals surface area contributed by atoms with Crippen LogP contribution in [0.2, 0.25) is 0 Å². The lowest BCUT2D eigenvalue weighted by atomic mass is 10.2. The number of carbonyl (C=O) groups is 2. The first kappa shape index (κ1) is 15.5. The number of carbonyl (C=O) groups excluding carboxylic acids is 2. The summed E-state index contributed by atoms with van der Waals surface area (Å²) in [5, 5.41) is 13.3. The topological polar surface area (TPSA) is 69.6 Å². The highest BCUT2D eigenvalue weighted by atomic mass is 32.1. The van der Waals surface area contributed by atoms with Gasteiger partial charge in [0.1, 0.15) is 6.04 Å². The predicted octanol–water partition coefficient (Wildman–Crippen LogP) is 1.70. The Hall–Kier alpha value is -1.84. The number of aliphatic hydroxyl groups excluding tert-OH is 1. The first-order valence-electron chi connectivity index (χ1n) is 6.94. The number of rotatable bonds is 5. The zero-order valence-electron chi connectivity index (χ0n) is 11.9. The number of aliphatic hydroxyl groups is 1. The quantitative estimate of drug-likeness (QED) is 0.642. The zero-order chi connectivity index (χ0) is 15.2. The number of hydrogen-bond acceptors (Lipinski definition) is 4. The largest absolute Gasteiger partial charge is 0.395 e. The Morgan fingerprint density at radius 1 is 1.48 bits per heavy atom. The summed E-state index contributed by atoms with van der Waals surface area (Å²) in [4.78, 5) is 26.1. The molecule has 112 valence electrons. The van der Waals surface area contributed by atoms with E-state index in [1.165, 1.54) is 16.2 Å². The minimum atomic E-state index is -0.383. The van der Waals surface area contributed by atoms with E-state index in [0.29, 0.717) is 12.8 Å². The maximum Gasteiger partial charge on any atom is 0.325 e. The average Bonchev–Trinajstić information content (AvgIpc) is 3.00. The van der Waals surface area contributed by atoms with E-state index < -0.39 is 0 Å². The average molecular weight is 306 g/mol. The Morgan fingerprint density at radius 3 is 3.00 bits per heavy atom. The van der Waals surface area contributed by atoms with Crippen molar-refractivity contribution in [3.8, 4) is 11.8 Å². The molecule has 0 aliphatic carbocycles. The van der Waals surface area contributed by atoms with Gasteiger partial charge < -0.3 is 10.4 Å². The highest BCUT2D eigenvalue weighted by Gasteiger charge is 2.37. The molecule has 3 amide bonds. The summed E-state index contributed by atoms with van der Waals surface area (Å²) in [6.45, 7) is 2.32. The summed E-state index contributed by atoms with van der Waals surface area (Å²) in [6, 6.07) is 1.17. The first-order valence-corrected chi connectivity index (χ1v) is 7.82. The molecule has 2 rings (SSSR count). The molecule has 1 fully saturated rings. The third kappa shape index (κ3) is 3.84. The van der Waals surface area contributed by atoms with Crippen LogP contribution in [0.25, 0.3) is 0 Å². The number of hydrogen-bond donors (Lipinski definition) is 2. The summed E-state index contributed by atoms with van der Waals surface area (Å²) in [5.41, 5.74) is 0.848. The summed E-state index contributed by atoms with van der Waals surface area (Å²) >= 11 is 1.47. The van der Waals surface area contributed by atoms with E-state index in [2.05, 4.69) is 17.2 Å². The van der Waals surface area contributed by atoms with Crippen LogP contribution < -0.4 is 5.32 Å². The maximum atomic E-state index is 12.1. The van der Waals surface area contributed by atoms with E-state index >= 15 is 0 Å². The number of urea groups is 1. The molecular formula is C15H18N2O3S. The van der Waals surface area contributed by atoms with E-state index in [1.54, 1.807) is 0 Å². The van der Waals surface area contributed by atoms with Crippen molar-refractivity contribution < 1.29 is 14.7 Å². The molecular weight excluding hydrogens is 288 g/mol. The molecule has 2 N–H and O–H groups in total. The molecule has 0 spiro atoms. The van der Waals surface area contributed by atoms with Gasteiger partial charge in [-0.05, 0) is 12.5 Å². The van der Waals surface area contributed by atoms with Crippen LogP contribution in [0.4, 0.5) is 4.79 Å². The van der Waals surface area contributed by atoms with E-state index in [4.69, 9.17) is 5.11 Å². The molecule has 1 aliphatic heterocycles. The smallest absolute Gasteiger partial charge is 0.325 e. The van der Waals surface area contributed by atoms with Crippen molar-refractivity contribution in [3.05, 3.63) is 21.9 Å². The van der Waals surface area contributed by atoms with Gasteiger partial charge in [0.15, 0.2) is 0 Å². The van der Waals surface area contributed by atoms with Crippen molar-refractivity contribution >= 4 is 23.3 Å². The van der Waals surface area contributed by atoms with E-state index in [1.807, 2.05) is 18.4 Å². The Kier molecular flexibility index (Phi) is 5.37. The Bertz CT molecular complexity index is 585. The predicted molar refractivity (Wildman–Crippen MR) is 80.7 cm³/mol. The highest BCUT2D eigenvalue weighted by Crippen LogP contribution is 2.20. The van der Waals surface area contributed by atoms with Crippen molar-refractivity contribution in [2.24, 2.45) is 0 Å². The summed E-state index contributed by atoms with van der Waals surface area (Å²) in [5.74, 6) is 5.64. The fraction of sp³-hybridized carbons (Fsp3) is 0.467. The van der Waals surface area contributed by atoms with E-state index in [0.717, 1.165) is 16.9 Å². The number of nitrogens with zero attached hydrogens (tertiary/aromatic N) is 1. The van der Waals surface area contributed by atoms with Gasteiger partial charge in [-0.3, -0.25) is 9.69 Å². The van der Waals surface area contributed by atoms with Gasteiger partial charge in [-0.2, -0.15) is 0 Å². The van der Waals surface area contributed by atoms with Crippen molar-refractivity contribution in [1.29, 1.82) is 0 Å². The molecule has 1 unspecified atom stereocenters. The summed E-state index contributed by atoms with van der Waals surface area (Å²) in [7, 11) is 0. The fourth-order valence-electron chi connectivity index (χ4n) is 2.12. The monoisotopic (exact) mass is 306 g/mol. The lowest BCUT2D eigenvalue weighted by Crippen LogP contribution is -2.30. The van der Waals surface area contributed by atoms with Crippen LogP contribution in [0.3, 0.4) is 0 Å². The number of thiophene rings is 1. The van der Waals surface area contributed by atoms with Crippen LogP contribution in [0.5, 0.6) is 0 Å². The second-order valence-corrected chi connectivity index (χ2v) is 5.79. The lowest BCUT2D eigenvalue weighted by Gasteiger charge is -2.11. The summed E-state index contributed by atoms with van der Waals surface area (Å²) in [6.07, 6.45) is 1.97. The Morgan fingerprint density at radius 2 is 2.29 bits per heavy atom. The maximum absolute atomic E-state index is 12.1. The minimum absolute atomic E-state index is 0.0469. The number of nitrogens with one attached hydrogen (secondary N) is 1. The van der Waals surface area contributed by atoms with Crippen molar-refractivity contribution in [3.63, 3.8) is 0 Å². The van der Waals surface area contributed by atoms with Crippen LogP contribution >= 0.6 is 11.3 Å². The molecule has 2 heterocycles. The molecule has 1 aliphatic rings. The fourth-order valence-corrected chi connectivity index (χ4v) is 2.92. The molecule has 1 saturated heterocycles. The van der Waals surface area contributed by atoms with Gasteiger partial charge >= 0.3 is 6.03 Å². The van der Waals surface area contributed by atoms with Crippen LogP contribution in [0.1, 0.15) is 36.6 Å². The van der Waals surface area contributed by atoms with Gasteiger partial charge in [-0.1, -0.05) is 25.2 Å². The van der Waals surface area contributed by atoms with E-state index in [-0.39, 0.29) is 31.1 Å². The molecule has 0 bridgehead atoms. The van der Waals surface area contributed by atoms with Crippen molar-refractivity contribution in [2.75, 3.05) is 6.61 Å². The van der Waals surface area contributed by atoms with Gasteiger partial charge in [0.05, 0.1) is 13.2 Å². The Balaban J connectivity index is 2.00. The van der Waals surface area contributed by atoms with Gasteiger partial charge in [0.25, 0.3) is 5.91 Å². The summed E-state index contributed by atoms with van der Waals surface area (Å²) < 4.78 is 0. The SMILES string of the molecule is CCCC1NC(=O)N(Cc2cc(C#CCCO)cs2)C1=O. The van der Waals surface area contributed by atoms with Gasteiger partial charge in [-0.25, -0.2) is 4.79 Å². The standard InChI is InChI=1S/C15H18N2O3S/c1-2-5-13-14(19)17(15(20)16-13)9-12-8-11(10-21-12)6-3-4-7-18/h8,10,13,18H,2,4-5,7,9H2,1H3,(H,16,20). The van der Waals surface area contributed by atoms with Crippen molar-refractivity contribution in [2.45, 2.75) is 38.8 Å². The number of imide groups is 1. The van der Waals surface area contributed by atoms with E-state index in [9.17, 15) is 9.59 Å². The third-order valence-electron chi connectivity index (χ3n) is 3.12. The van der Waals surface area contributed by atoms with Crippen LogP contribution in [0, 0.1) is 11.8 Å². The molecule has 5 nitrogen and oxygen atoms in total.